The molecule has 1 amide bonds. The Morgan fingerprint density at radius 3 is 2.58 bits per heavy atom. The first kappa shape index (κ1) is 16.0. The van der Waals surface area contributed by atoms with E-state index in [1.807, 2.05) is 19.9 Å². The van der Waals surface area contributed by atoms with Gasteiger partial charge < -0.3 is 5.32 Å². The molecule has 4 heteroatoms. The highest BCUT2D eigenvalue weighted by molar-refractivity contribution is 6.29. The topological polar surface area (TPSA) is 42.0 Å². The van der Waals surface area contributed by atoms with Crippen molar-refractivity contribution < 1.29 is 4.79 Å². The molecule has 0 saturated heterocycles. The molecule has 0 spiro atoms. The zero-order valence-corrected chi connectivity index (χ0v) is 13.0. The van der Waals surface area contributed by atoms with Crippen molar-refractivity contribution in [2.45, 2.75) is 58.9 Å². The molecular formula is C15H23ClN2O. The van der Waals surface area contributed by atoms with Crippen molar-refractivity contribution in [3.63, 3.8) is 0 Å². The van der Waals surface area contributed by atoms with Crippen LogP contribution in [0.1, 0.15) is 63.0 Å². The fraction of sp³-hybridized carbons (Fsp3) is 0.600. The number of aromatic nitrogens is 1. The van der Waals surface area contributed by atoms with E-state index in [2.05, 4.69) is 24.1 Å². The molecule has 1 N–H and O–H groups in total. The molecule has 0 aliphatic heterocycles. The summed E-state index contributed by atoms with van der Waals surface area (Å²) < 4.78 is 0. The molecule has 19 heavy (non-hydrogen) atoms. The molecule has 1 heterocycles. The van der Waals surface area contributed by atoms with Crippen LogP contribution in [0.2, 0.25) is 5.15 Å². The van der Waals surface area contributed by atoms with Gasteiger partial charge in [-0.15, -0.1) is 0 Å². The van der Waals surface area contributed by atoms with Crippen LogP contribution in [0.5, 0.6) is 0 Å². The summed E-state index contributed by atoms with van der Waals surface area (Å²) in [4.78, 5) is 16.5. The number of aryl methyl sites for hydroxylation is 1. The lowest BCUT2D eigenvalue weighted by atomic mass is 9.98. The monoisotopic (exact) mass is 282 g/mol. The average Bonchev–Trinajstić information content (AvgIpc) is 2.27. The molecule has 3 nitrogen and oxygen atoms in total. The van der Waals surface area contributed by atoms with Crippen LogP contribution in [0, 0.1) is 0 Å². The highest BCUT2D eigenvalue weighted by atomic mass is 35.5. The van der Waals surface area contributed by atoms with Gasteiger partial charge in [-0.3, -0.25) is 4.79 Å². The van der Waals surface area contributed by atoms with Gasteiger partial charge in [-0.2, -0.15) is 0 Å². The van der Waals surface area contributed by atoms with Gasteiger partial charge >= 0.3 is 0 Å². The second kappa shape index (κ2) is 6.90. The fourth-order valence-corrected chi connectivity index (χ4v) is 2.36. The van der Waals surface area contributed by atoms with Crippen LogP contribution in [-0.2, 0) is 6.42 Å². The number of amides is 1. The standard InChI is InChI=1S/C15H23ClN2O/c1-5-7-12-9-11(10-13(16)17-12)14(19)18-15(3,4)8-6-2/h9-10H,5-8H2,1-4H3,(H,18,19). The molecule has 0 atom stereocenters. The minimum Gasteiger partial charge on any atom is -0.347 e. The number of nitrogens with one attached hydrogen (secondary N) is 1. The zero-order chi connectivity index (χ0) is 14.5. The minimum atomic E-state index is -0.202. The van der Waals surface area contributed by atoms with Gasteiger partial charge in [-0.05, 0) is 38.8 Å². The first-order valence-corrected chi connectivity index (χ1v) is 7.24. The second-order valence-electron chi connectivity index (χ2n) is 5.51. The summed E-state index contributed by atoms with van der Waals surface area (Å²) in [6.45, 7) is 8.25. The van der Waals surface area contributed by atoms with Crippen molar-refractivity contribution in [2.75, 3.05) is 0 Å². The van der Waals surface area contributed by atoms with Crippen LogP contribution in [-0.4, -0.2) is 16.4 Å². The fourth-order valence-electron chi connectivity index (χ4n) is 2.13. The third-order valence-electron chi connectivity index (χ3n) is 2.94. The van der Waals surface area contributed by atoms with E-state index in [4.69, 9.17) is 11.6 Å². The van der Waals surface area contributed by atoms with Crippen LogP contribution in [0.3, 0.4) is 0 Å². The zero-order valence-electron chi connectivity index (χ0n) is 12.2. The van der Waals surface area contributed by atoms with E-state index in [0.29, 0.717) is 10.7 Å². The number of rotatable bonds is 6. The van der Waals surface area contributed by atoms with Crippen molar-refractivity contribution in [3.05, 3.63) is 28.5 Å². The van der Waals surface area contributed by atoms with Crippen LogP contribution in [0.25, 0.3) is 0 Å². The Kier molecular flexibility index (Phi) is 5.80. The van der Waals surface area contributed by atoms with Gasteiger partial charge in [0.1, 0.15) is 5.15 Å². The Morgan fingerprint density at radius 2 is 2.00 bits per heavy atom. The van der Waals surface area contributed by atoms with Crippen LogP contribution >= 0.6 is 11.6 Å². The molecule has 0 aliphatic carbocycles. The molecule has 0 fully saturated rings. The van der Waals surface area contributed by atoms with Gasteiger partial charge in [-0.1, -0.05) is 38.3 Å². The van der Waals surface area contributed by atoms with Gasteiger partial charge in [0.15, 0.2) is 0 Å². The molecular weight excluding hydrogens is 260 g/mol. The summed E-state index contributed by atoms with van der Waals surface area (Å²) >= 11 is 5.97. The van der Waals surface area contributed by atoms with E-state index in [0.717, 1.165) is 31.4 Å². The van der Waals surface area contributed by atoms with Gasteiger partial charge in [-0.25, -0.2) is 4.98 Å². The Morgan fingerprint density at radius 1 is 1.32 bits per heavy atom. The molecule has 0 saturated carbocycles. The molecule has 1 aromatic rings. The first-order valence-electron chi connectivity index (χ1n) is 6.87. The summed E-state index contributed by atoms with van der Waals surface area (Å²) in [5.74, 6) is -0.0832. The van der Waals surface area contributed by atoms with E-state index in [-0.39, 0.29) is 11.4 Å². The summed E-state index contributed by atoms with van der Waals surface area (Å²) in [6.07, 6.45) is 3.79. The molecule has 0 aliphatic rings. The number of nitrogens with zero attached hydrogens (tertiary/aromatic N) is 1. The highest BCUT2D eigenvalue weighted by Gasteiger charge is 2.20. The lowest BCUT2D eigenvalue weighted by Gasteiger charge is -2.25. The maximum absolute atomic E-state index is 12.2. The van der Waals surface area contributed by atoms with E-state index < -0.39 is 0 Å². The maximum atomic E-state index is 12.2. The Labute approximate surface area is 120 Å². The smallest absolute Gasteiger partial charge is 0.251 e. The molecule has 1 aromatic heterocycles. The van der Waals surface area contributed by atoms with Crippen molar-refractivity contribution in [1.29, 1.82) is 0 Å². The third kappa shape index (κ3) is 5.19. The summed E-state index contributed by atoms with van der Waals surface area (Å²) in [6, 6.07) is 3.45. The molecule has 0 aromatic carbocycles. The predicted molar refractivity (Wildman–Crippen MR) is 79.7 cm³/mol. The van der Waals surface area contributed by atoms with Crippen LogP contribution in [0.4, 0.5) is 0 Å². The number of carbonyl (C=O) groups is 1. The van der Waals surface area contributed by atoms with Gasteiger partial charge in [0, 0.05) is 16.8 Å². The summed E-state index contributed by atoms with van der Waals surface area (Å²) in [7, 11) is 0. The van der Waals surface area contributed by atoms with Crippen molar-refractivity contribution in [1.82, 2.24) is 10.3 Å². The number of hydrogen-bond acceptors (Lipinski definition) is 2. The lowest BCUT2D eigenvalue weighted by Crippen LogP contribution is -2.43. The van der Waals surface area contributed by atoms with E-state index in [1.54, 1.807) is 6.07 Å². The van der Waals surface area contributed by atoms with Crippen molar-refractivity contribution >= 4 is 17.5 Å². The number of halogens is 1. The lowest BCUT2D eigenvalue weighted by molar-refractivity contribution is 0.0909. The molecule has 1 rings (SSSR count). The van der Waals surface area contributed by atoms with Crippen LogP contribution < -0.4 is 5.32 Å². The summed E-state index contributed by atoms with van der Waals surface area (Å²) in [5.41, 5.74) is 1.26. The van der Waals surface area contributed by atoms with Gasteiger partial charge in [0.2, 0.25) is 0 Å². The number of hydrogen-bond donors (Lipinski definition) is 1. The molecule has 106 valence electrons. The number of pyridine rings is 1. The van der Waals surface area contributed by atoms with E-state index in [9.17, 15) is 4.79 Å². The van der Waals surface area contributed by atoms with E-state index >= 15 is 0 Å². The number of carbonyl (C=O) groups excluding carboxylic acids is 1. The highest BCUT2D eigenvalue weighted by Crippen LogP contribution is 2.15. The first-order chi connectivity index (χ1) is 8.88. The minimum absolute atomic E-state index is 0.0832. The van der Waals surface area contributed by atoms with Crippen molar-refractivity contribution in [3.8, 4) is 0 Å². The van der Waals surface area contributed by atoms with E-state index in [1.165, 1.54) is 0 Å². The molecule has 0 bridgehead atoms. The molecule has 0 radical (unpaired) electrons. The summed E-state index contributed by atoms with van der Waals surface area (Å²) in [5, 5.41) is 3.42. The Balaban J connectivity index is 2.87. The third-order valence-corrected chi connectivity index (χ3v) is 3.14. The second-order valence-corrected chi connectivity index (χ2v) is 5.90. The maximum Gasteiger partial charge on any atom is 0.251 e. The van der Waals surface area contributed by atoms with Gasteiger partial charge in [0.05, 0.1) is 0 Å². The molecule has 0 unspecified atom stereocenters. The Hall–Kier alpha value is -1.09. The average molecular weight is 283 g/mol. The van der Waals surface area contributed by atoms with Gasteiger partial charge in [0.25, 0.3) is 5.91 Å². The largest absolute Gasteiger partial charge is 0.347 e. The van der Waals surface area contributed by atoms with Crippen LogP contribution in [0.15, 0.2) is 12.1 Å². The SMILES string of the molecule is CCCc1cc(C(=O)NC(C)(C)CCC)cc(Cl)n1. The quantitative estimate of drug-likeness (QED) is 0.802. The normalized spacial score (nSPS) is 11.4. The predicted octanol–water partition coefficient (Wildman–Crippen LogP) is 4.00. The Bertz CT molecular complexity index is 444. The van der Waals surface area contributed by atoms with Crippen molar-refractivity contribution in [2.24, 2.45) is 0 Å².